The van der Waals surface area contributed by atoms with E-state index in [0.717, 1.165) is 18.4 Å². The van der Waals surface area contributed by atoms with Crippen molar-refractivity contribution in [2.24, 2.45) is 0 Å². The van der Waals surface area contributed by atoms with Crippen molar-refractivity contribution in [2.75, 3.05) is 21.2 Å². The number of methoxy groups -OCH3 is 1. The lowest BCUT2D eigenvalue weighted by Gasteiger charge is -2.44. The minimum absolute atomic E-state index is 0.0171. The minimum Gasteiger partial charge on any atom is -0.497 e. The van der Waals surface area contributed by atoms with Crippen LogP contribution in [0.15, 0.2) is 48.5 Å². The van der Waals surface area contributed by atoms with Gasteiger partial charge in [-0.25, -0.2) is 0 Å². The summed E-state index contributed by atoms with van der Waals surface area (Å²) in [5.41, 5.74) is 1.63. The average molecular weight is 486 g/mol. The van der Waals surface area contributed by atoms with E-state index in [2.05, 4.69) is 13.1 Å². The highest BCUT2D eigenvalue weighted by molar-refractivity contribution is 6.83. The molecule has 0 saturated heterocycles. The predicted octanol–water partition coefficient (Wildman–Crippen LogP) is 6.82. The fourth-order valence-electron chi connectivity index (χ4n) is 5.37. The summed E-state index contributed by atoms with van der Waals surface area (Å²) in [6.45, 7) is 4.64. The number of carbonyl (C=O) groups excluding carboxylic acids is 2. The number of nitrogens with zero attached hydrogens (tertiary/aromatic N) is 1. The number of Topliss-reactive ketones (excluding diaryl/α,β-unsaturated/α-hetero) is 1. The van der Waals surface area contributed by atoms with Gasteiger partial charge in [0.1, 0.15) is 5.75 Å². The second-order valence-corrected chi connectivity index (χ2v) is 15.5. The van der Waals surface area contributed by atoms with Crippen LogP contribution in [-0.2, 0) is 4.79 Å². The van der Waals surface area contributed by atoms with Crippen molar-refractivity contribution in [1.82, 2.24) is 4.90 Å². The monoisotopic (exact) mass is 485 g/mol. The van der Waals surface area contributed by atoms with Crippen LogP contribution in [0.2, 0.25) is 29.2 Å². The van der Waals surface area contributed by atoms with Crippen LogP contribution in [0.1, 0.15) is 53.9 Å². The summed E-state index contributed by atoms with van der Waals surface area (Å²) in [6, 6.07) is 14.7. The van der Waals surface area contributed by atoms with Crippen molar-refractivity contribution < 1.29 is 14.3 Å². The van der Waals surface area contributed by atoms with E-state index in [1.807, 2.05) is 24.3 Å². The van der Waals surface area contributed by atoms with Gasteiger partial charge in [0.15, 0.2) is 5.78 Å². The molecule has 0 bridgehead atoms. The van der Waals surface area contributed by atoms with Crippen LogP contribution in [0.5, 0.6) is 5.75 Å². The van der Waals surface area contributed by atoms with Gasteiger partial charge in [-0.1, -0.05) is 68.9 Å². The molecular formula is C27H36ClNO3Si. The van der Waals surface area contributed by atoms with Crippen molar-refractivity contribution in [3.05, 3.63) is 64.7 Å². The second kappa shape index (κ2) is 10.9. The van der Waals surface area contributed by atoms with E-state index in [1.54, 1.807) is 50.4 Å². The predicted molar refractivity (Wildman–Crippen MR) is 138 cm³/mol. The Labute approximate surface area is 204 Å². The van der Waals surface area contributed by atoms with E-state index in [9.17, 15) is 9.59 Å². The van der Waals surface area contributed by atoms with Crippen molar-refractivity contribution in [2.45, 2.75) is 62.2 Å². The molecule has 4 nitrogen and oxygen atoms in total. The maximum atomic E-state index is 14.1. The Hall–Kier alpha value is -2.11. The molecule has 0 unspecified atom stereocenters. The second-order valence-electron chi connectivity index (χ2n) is 9.99. The SMILES string of the molecule is COc1ccc(C(=O)[C@@H](c2ccc(Cl)cc2)[C@H](C(=O)N(C)C)[Si](C)(C)C2CCCCC2)cc1. The molecule has 3 rings (SSSR count). The summed E-state index contributed by atoms with van der Waals surface area (Å²) in [5, 5.41) is 0.619. The number of ketones is 1. The van der Waals surface area contributed by atoms with Crippen molar-refractivity contribution in [1.29, 1.82) is 0 Å². The van der Waals surface area contributed by atoms with Crippen LogP contribution in [0.4, 0.5) is 0 Å². The lowest BCUT2D eigenvalue weighted by atomic mass is 9.87. The fourth-order valence-corrected chi connectivity index (χ4v) is 10.00. The summed E-state index contributed by atoms with van der Waals surface area (Å²) < 4.78 is 5.28. The Kier molecular flexibility index (Phi) is 8.41. The first-order chi connectivity index (χ1) is 15.7. The molecule has 1 fully saturated rings. The van der Waals surface area contributed by atoms with Crippen LogP contribution in [0.3, 0.4) is 0 Å². The molecule has 6 heteroatoms. The van der Waals surface area contributed by atoms with Crippen LogP contribution in [-0.4, -0.2) is 45.9 Å². The standard InChI is InChI=1S/C27H36ClNO3Si/c1-29(2)27(31)26(33(4,5)23-9-7-6-8-10-23)24(19-11-15-21(28)16-12-19)25(30)20-13-17-22(32-3)18-14-20/h11-18,23-24,26H,6-10H2,1-5H3/t24-,26-/m1/s1. The zero-order valence-corrected chi connectivity index (χ0v) is 22.2. The molecule has 0 aliphatic heterocycles. The fraction of sp³-hybridized carbons (Fsp3) is 0.481. The van der Waals surface area contributed by atoms with E-state index in [-0.39, 0.29) is 17.2 Å². The zero-order valence-electron chi connectivity index (χ0n) is 20.4. The van der Waals surface area contributed by atoms with Gasteiger partial charge in [-0.05, 0) is 47.5 Å². The number of benzene rings is 2. The quantitative estimate of drug-likeness (QED) is 0.304. The van der Waals surface area contributed by atoms with Crippen molar-refractivity contribution in [3.63, 3.8) is 0 Å². The van der Waals surface area contributed by atoms with Gasteiger partial charge in [0.2, 0.25) is 5.91 Å². The third-order valence-corrected chi connectivity index (χ3v) is 12.5. The van der Waals surface area contributed by atoms with Crippen LogP contribution < -0.4 is 4.74 Å². The molecule has 2 aromatic carbocycles. The molecule has 0 spiro atoms. The Morgan fingerprint density at radius 2 is 1.55 bits per heavy atom. The molecule has 2 aromatic rings. The maximum Gasteiger partial charge on any atom is 0.223 e. The zero-order chi connectivity index (χ0) is 24.2. The topological polar surface area (TPSA) is 46.6 Å². The Morgan fingerprint density at radius 1 is 0.970 bits per heavy atom. The summed E-state index contributed by atoms with van der Waals surface area (Å²) in [4.78, 5) is 29.6. The molecule has 1 saturated carbocycles. The number of hydrogen-bond donors (Lipinski definition) is 0. The first-order valence-electron chi connectivity index (χ1n) is 11.8. The number of hydrogen-bond acceptors (Lipinski definition) is 3. The summed E-state index contributed by atoms with van der Waals surface area (Å²) in [5.74, 6) is 0.192. The van der Waals surface area contributed by atoms with Gasteiger partial charge in [0.25, 0.3) is 0 Å². The van der Waals surface area contributed by atoms with Gasteiger partial charge in [0, 0.05) is 30.2 Å². The van der Waals surface area contributed by atoms with Gasteiger partial charge in [-0.15, -0.1) is 0 Å². The summed E-state index contributed by atoms with van der Waals surface area (Å²) >= 11 is 6.19. The average Bonchev–Trinajstić information content (AvgIpc) is 2.82. The Balaban J connectivity index is 2.14. The smallest absolute Gasteiger partial charge is 0.223 e. The van der Waals surface area contributed by atoms with Gasteiger partial charge >= 0.3 is 0 Å². The Bertz CT molecular complexity index is 950. The molecule has 178 valence electrons. The normalized spacial score (nSPS) is 16.7. The molecule has 1 aliphatic rings. The minimum atomic E-state index is -2.20. The van der Waals surface area contributed by atoms with Crippen LogP contribution in [0, 0.1) is 0 Å². The van der Waals surface area contributed by atoms with E-state index in [1.165, 1.54) is 19.3 Å². The molecule has 0 aromatic heterocycles. The first kappa shape index (κ1) is 25.5. The number of carbonyl (C=O) groups is 2. The maximum absolute atomic E-state index is 14.1. The molecular weight excluding hydrogens is 450 g/mol. The molecule has 0 radical (unpaired) electrons. The van der Waals surface area contributed by atoms with Gasteiger partial charge in [-0.2, -0.15) is 0 Å². The van der Waals surface area contributed by atoms with E-state index in [4.69, 9.17) is 16.3 Å². The number of halogens is 1. The summed E-state index contributed by atoms with van der Waals surface area (Å²) in [6.07, 6.45) is 5.99. The van der Waals surface area contributed by atoms with Gasteiger partial charge in [0.05, 0.1) is 21.1 Å². The first-order valence-corrected chi connectivity index (χ1v) is 15.3. The highest BCUT2D eigenvalue weighted by Crippen LogP contribution is 2.49. The highest BCUT2D eigenvalue weighted by Gasteiger charge is 2.50. The van der Waals surface area contributed by atoms with Crippen molar-refractivity contribution in [3.8, 4) is 5.75 Å². The lowest BCUT2D eigenvalue weighted by Crippen LogP contribution is -2.50. The lowest BCUT2D eigenvalue weighted by molar-refractivity contribution is -0.129. The third kappa shape index (κ3) is 5.69. The number of rotatable bonds is 8. The van der Waals surface area contributed by atoms with E-state index < -0.39 is 14.0 Å². The van der Waals surface area contributed by atoms with E-state index >= 15 is 0 Å². The molecule has 33 heavy (non-hydrogen) atoms. The van der Waals surface area contributed by atoms with Crippen LogP contribution in [0.25, 0.3) is 0 Å². The molecule has 1 aliphatic carbocycles. The molecule has 0 heterocycles. The summed E-state index contributed by atoms with van der Waals surface area (Å²) in [7, 11) is 3.01. The number of amides is 1. The molecule has 0 N–H and O–H groups in total. The number of ether oxygens (including phenoxy) is 1. The van der Waals surface area contributed by atoms with E-state index in [0.29, 0.717) is 21.9 Å². The van der Waals surface area contributed by atoms with Crippen LogP contribution >= 0.6 is 11.6 Å². The Morgan fingerprint density at radius 3 is 2.06 bits per heavy atom. The van der Waals surface area contributed by atoms with Crippen molar-refractivity contribution >= 4 is 31.4 Å². The van der Waals surface area contributed by atoms with Gasteiger partial charge < -0.3 is 9.64 Å². The molecule has 1 amide bonds. The van der Waals surface area contributed by atoms with Gasteiger partial charge in [-0.3, -0.25) is 9.59 Å². The highest BCUT2D eigenvalue weighted by atomic mass is 35.5. The third-order valence-electron chi connectivity index (χ3n) is 7.39. The largest absolute Gasteiger partial charge is 0.497 e. The molecule has 2 atom stereocenters.